The molecule has 1 heterocycles. The second kappa shape index (κ2) is 9.45. The number of carbonyl (C=O) groups excluding carboxylic acids is 3. The van der Waals surface area contributed by atoms with Crippen LogP contribution in [-0.4, -0.2) is 29.9 Å². The molecule has 3 rings (SSSR count). The van der Waals surface area contributed by atoms with Crippen LogP contribution in [0.4, 0.5) is 4.79 Å². The molecule has 7 nitrogen and oxygen atoms in total. The first-order valence-electron chi connectivity index (χ1n) is 9.18. The fraction of sp³-hybridized carbons (Fsp3) is 0.182. The van der Waals surface area contributed by atoms with Crippen molar-refractivity contribution >= 4 is 28.8 Å². The molecular formula is C22H21N3O4. The number of amides is 3. The number of ether oxygens (including phenoxy) is 1. The highest BCUT2D eigenvalue weighted by Gasteiger charge is 2.26. The van der Waals surface area contributed by atoms with Crippen molar-refractivity contribution < 1.29 is 19.1 Å². The zero-order valence-corrected chi connectivity index (χ0v) is 15.9. The van der Waals surface area contributed by atoms with Crippen molar-refractivity contribution in [2.45, 2.75) is 18.9 Å². The van der Waals surface area contributed by atoms with Crippen LogP contribution in [0.5, 0.6) is 0 Å². The molecule has 1 unspecified atom stereocenters. The third kappa shape index (κ3) is 5.38. The van der Waals surface area contributed by atoms with E-state index >= 15 is 0 Å². The van der Waals surface area contributed by atoms with Gasteiger partial charge in [-0.25, -0.2) is 4.79 Å². The van der Waals surface area contributed by atoms with Crippen LogP contribution in [0, 0.1) is 0 Å². The van der Waals surface area contributed by atoms with Crippen LogP contribution < -0.4 is 10.6 Å². The summed E-state index contributed by atoms with van der Waals surface area (Å²) in [5.41, 5.74) is 2.09. The summed E-state index contributed by atoms with van der Waals surface area (Å²) in [6.07, 6.45) is -0.782. The predicted molar refractivity (Wildman–Crippen MR) is 108 cm³/mol. The van der Waals surface area contributed by atoms with Gasteiger partial charge in [-0.15, -0.1) is 0 Å². The maximum Gasteiger partial charge on any atom is 0.321 e. The van der Waals surface area contributed by atoms with E-state index in [0.29, 0.717) is 12.0 Å². The molecular weight excluding hydrogens is 370 g/mol. The average molecular weight is 391 g/mol. The second-order valence-electron chi connectivity index (χ2n) is 6.34. The van der Waals surface area contributed by atoms with E-state index in [1.54, 1.807) is 30.3 Å². The van der Waals surface area contributed by atoms with Crippen molar-refractivity contribution in [1.29, 1.82) is 0 Å². The molecule has 3 aromatic rings. The Morgan fingerprint density at radius 3 is 2.45 bits per heavy atom. The van der Waals surface area contributed by atoms with Crippen molar-refractivity contribution in [3.05, 3.63) is 78.0 Å². The number of urea groups is 1. The summed E-state index contributed by atoms with van der Waals surface area (Å²) in [5.74, 6) is -1.27. The molecule has 0 saturated heterocycles. The number of carbonyl (C=O) groups is 3. The Hall–Kier alpha value is -3.74. The van der Waals surface area contributed by atoms with Gasteiger partial charge < -0.3 is 10.1 Å². The largest absolute Gasteiger partial charge is 0.447 e. The van der Waals surface area contributed by atoms with E-state index in [2.05, 4.69) is 15.6 Å². The molecule has 0 bridgehead atoms. The number of hydrogen-bond acceptors (Lipinski definition) is 5. The highest BCUT2D eigenvalue weighted by Crippen LogP contribution is 2.19. The molecule has 0 aliphatic carbocycles. The van der Waals surface area contributed by atoms with Gasteiger partial charge >= 0.3 is 12.0 Å². The van der Waals surface area contributed by atoms with Crippen molar-refractivity contribution in [3.8, 4) is 0 Å². The van der Waals surface area contributed by atoms with Crippen molar-refractivity contribution in [2.24, 2.45) is 0 Å². The zero-order valence-electron chi connectivity index (χ0n) is 15.9. The Kier molecular flexibility index (Phi) is 6.52. The number of fused-ring (bicyclic) bond motifs is 1. The SMILES string of the molecule is CNC(=O)NC(=O)C(OC(=O)CCc1ccc2ccccc2n1)c1ccccc1. The minimum absolute atomic E-state index is 0.0575. The van der Waals surface area contributed by atoms with E-state index in [9.17, 15) is 14.4 Å². The molecule has 0 radical (unpaired) electrons. The van der Waals surface area contributed by atoms with Gasteiger partial charge in [0.2, 0.25) is 6.10 Å². The maximum absolute atomic E-state index is 12.4. The first-order valence-corrected chi connectivity index (χ1v) is 9.18. The van der Waals surface area contributed by atoms with Crippen LogP contribution in [0.1, 0.15) is 23.8 Å². The number of nitrogens with one attached hydrogen (secondary N) is 2. The molecule has 3 amide bonds. The highest BCUT2D eigenvalue weighted by molar-refractivity contribution is 5.97. The Bertz CT molecular complexity index is 1020. The first-order chi connectivity index (χ1) is 14.1. The van der Waals surface area contributed by atoms with Crippen LogP contribution in [0.25, 0.3) is 10.9 Å². The fourth-order valence-corrected chi connectivity index (χ4v) is 2.81. The summed E-state index contributed by atoms with van der Waals surface area (Å²) in [4.78, 5) is 40.8. The number of pyridine rings is 1. The molecule has 0 aliphatic rings. The van der Waals surface area contributed by atoms with Gasteiger partial charge in [0, 0.05) is 30.1 Å². The summed E-state index contributed by atoms with van der Waals surface area (Å²) < 4.78 is 5.39. The van der Waals surface area contributed by atoms with Crippen LogP contribution >= 0.6 is 0 Å². The standard InChI is InChI=1S/C22H21N3O4/c1-23-22(28)25-21(27)20(16-8-3-2-4-9-16)29-19(26)14-13-17-12-11-15-7-5-6-10-18(15)24-17/h2-12,20H,13-14H2,1H3,(H2,23,25,27,28). The van der Waals surface area contributed by atoms with Crippen molar-refractivity contribution in [3.63, 3.8) is 0 Å². The van der Waals surface area contributed by atoms with E-state index in [1.807, 2.05) is 36.4 Å². The third-order valence-corrected chi connectivity index (χ3v) is 4.29. The lowest BCUT2D eigenvalue weighted by molar-refractivity contribution is -0.156. The van der Waals surface area contributed by atoms with Crippen molar-refractivity contribution in [2.75, 3.05) is 7.05 Å². The van der Waals surface area contributed by atoms with Gasteiger partial charge in [-0.05, 0) is 12.1 Å². The number of rotatable bonds is 6. The lowest BCUT2D eigenvalue weighted by atomic mass is 10.1. The van der Waals surface area contributed by atoms with Gasteiger partial charge in [0.1, 0.15) is 0 Å². The Morgan fingerprint density at radius 2 is 1.69 bits per heavy atom. The molecule has 7 heteroatoms. The summed E-state index contributed by atoms with van der Waals surface area (Å²) in [5, 5.41) is 5.47. The van der Waals surface area contributed by atoms with Crippen LogP contribution in [0.2, 0.25) is 0 Å². The predicted octanol–water partition coefficient (Wildman–Crippen LogP) is 2.91. The molecule has 1 aromatic heterocycles. The minimum Gasteiger partial charge on any atom is -0.447 e. The maximum atomic E-state index is 12.4. The topological polar surface area (TPSA) is 97.4 Å². The number of aromatic nitrogens is 1. The van der Waals surface area contributed by atoms with E-state index in [4.69, 9.17) is 4.74 Å². The lowest BCUT2D eigenvalue weighted by Gasteiger charge is -2.17. The molecule has 2 N–H and O–H groups in total. The molecule has 0 spiro atoms. The monoisotopic (exact) mass is 391 g/mol. The molecule has 2 aromatic carbocycles. The number of imide groups is 1. The Morgan fingerprint density at radius 1 is 0.966 bits per heavy atom. The molecule has 29 heavy (non-hydrogen) atoms. The number of benzene rings is 2. The number of aryl methyl sites for hydroxylation is 1. The Labute approximate surface area is 168 Å². The lowest BCUT2D eigenvalue weighted by Crippen LogP contribution is -2.41. The zero-order chi connectivity index (χ0) is 20.6. The van der Waals surface area contributed by atoms with Gasteiger partial charge in [0.05, 0.1) is 11.9 Å². The molecule has 1 atom stereocenters. The number of para-hydroxylation sites is 1. The Balaban J connectivity index is 1.67. The molecule has 148 valence electrons. The van der Waals surface area contributed by atoms with Crippen LogP contribution in [-0.2, 0) is 20.7 Å². The molecule has 0 aliphatic heterocycles. The molecule has 0 saturated carbocycles. The smallest absolute Gasteiger partial charge is 0.321 e. The fourth-order valence-electron chi connectivity index (χ4n) is 2.81. The normalized spacial score (nSPS) is 11.5. The summed E-state index contributed by atoms with van der Waals surface area (Å²) in [6.45, 7) is 0. The summed E-state index contributed by atoms with van der Waals surface area (Å²) >= 11 is 0. The van der Waals surface area contributed by atoms with Gasteiger partial charge in [0.25, 0.3) is 5.91 Å². The highest BCUT2D eigenvalue weighted by atomic mass is 16.5. The summed E-state index contributed by atoms with van der Waals surface area (Å²) in [7, 11) is 1.39. The van der Waals surface area contributed by atoms with E-state index in [0.717, 1.165) is 16.6 Å². The number of esters is 1. The van der Waals surface area contributed by atoms with Gasteiger partial charge in [0.15, 0.2) is 0 Å². The van der Waals surface area contributed by atoms with E-state index < -0.39 is 24.0 Å². The van der Waals surface area contributed by atoms with E-state index in [-0.39, 0.29) is 6.42 Å². The number of nitrogens with zero attached hydrogens (tertiary/aromatic N) is 1. The quantitative estimate of drug-likeness (QED) is 0.630. The second-order valence-corrected chi connectivity index (χ2v) is 6.34. The molecule has 0 fully saturated rings. The van der Waals surface area contributed by atoms with Crippen molar-refractivity contribution in [1.82, 2.24) is 15.6 Å². The van der Waals surface area contributed by atoms with Crippen LogP contribution in [0.3, 0.4) is 0 Å². The number of hydrogen-bond donors (Lipinski definition) is 2. The van der Waals surface area contributed by atoms with Gasteiger partial charge in [-0.2, -0.15) is 0 Å². The summed E-state index contributed by atoms with van der Waals surface area (Å²) in [6, 6.07) is 19.4. The minimum atomic E-state index is -1.22. The van der Waals surface area contributed by atoms with Gasteiger partial charge in [-0.1, -0.05) is 54.6 Å². The van der Waals surface area contributed by atoms with Gasteiger partial charge in [-0.3, -0.25) is 19.9 Å². The van der Waals surface area contributed by atoms with E-state index in [1.165, 1.54) is 7.05 Å². The van der Waals surface area contributed by atoms with Crippen LogP contribution in [0.15, 0.2) is 66.7 Å². The average Bonchev–Trinajstić information content (AvgIpc) is 2.76. The third-order valence-electron chi connectivity index (χ3n) is 4.29. The first kappa shape index (κ1) is 20.0.